The van der Waals surface area contributed by atoms with Crippen LogP contribution in [0.1, 0.15) is 39.0 Å². The summed E-state index contributed by atoms with van der Waals surface area (Å²) in [4.78, 5) is 10.7. The van der Waals surface area contributed by atoms with E-state index in [1.165, 1.54) is 0 Å². The third-order valence-corrected chi connectivity index (χ3v) is 1.85. The number of carbonyl (C=O) groups excluding carboxylic acids is 1. The Labute approximate surface area is 79.2 Å². The normalized spacial score (nSPS) is 9.83. The summed E-state index contributed by atoms with van der Waals surface area (Å²) in [6, 6.07) is 0. The smallest absolute Gasteiger partial charge is 0.305 e. The molecule has 72 valence electrons. The lowest BCUT2D eigenvalue weighted by atomic mass is 10.2. The van der Waals surface area contributed by atoms with Gasteiger partial charge in [-0.1, -0.05) is 19.8 Å². The van der Waals surface area contributed by atoms with E-state index in [4.69, 9.17) is 16.3 Å². The number of unbranched alkanes of at least 4 members (excludes halogenated alkanes) is 3. The molecule has 12 heavy (non-hydrogen) atoms. The number of halogens is 1. The van der Waals surface area contributed by atoms with Crippen LogP contribution in [-0.4, -0.2) is 18.5 Å². The summed E-state index contributed by atoms with van der Waals surface area (Å²) < 4.78 is 4.90. The van der Waals surface area contributed by atoms with Crippen LogP contribution < -0.4 is 0 Å². The van der Waals surface area contributed by atoms with Crippen molar-refractivity contribution in [3.8, 4) is 0 Å². The monoisotopic (exact) mass is 192 g/mol. The molecule has 0 heterocycles. The van der Waals surface area contributed by atoms with Gasteiger partial charge in [0.15, 0.2) is 0 Å². The molecule has 0 saturated heterocycles. The maximum absolute atomic E-state index is 10.7. The van der Waals surface area contributed by atoms with E-state index >= 15 is 0 Å². The number of alkyl halides is 1. The highest BCUT2D eigenvalue weighted by atomic mass is 35.5. The number of rotatable bonds is 7. The maximum Gasteiger partial charge on any atom is 0.305 e. The van der Waals surface area contributed by atoms with Crippen molar-refractivity contribution in [2.75, 3.05) is 12.5 Å². The molecule has 0 amide bonds. The van der Waals surface area contributed by atoms with Gasteiger partial charge in [-0.2, -0.15) is 0 Å². The molecule has 0 bridgehead atoms. The number of ether oxygens (including phenoxy) is 1. The van der Waals surface area contributed by atoms with Crippen LogP contribution in [0, 0.1) is 0 Å². The van der Waals surface area contributed by atoms with Crippen LogP contribution in [0.15, 0.2) is 0 Å². The number of hydrogen-bond donors (Lipinski definition) is 0. The fourth-order valence-corrected chi connectivity index (χ4v) is 1.03. The Bertz CT molecular complexity index is 115. The van der Waals surface area contributed by atoms with Crippen LogP contribution in [0.4, 0.5) is 0 Å². The van der Waals surface area contributed by atoms with Gasteiger partial charge in [-0.05, 0) is 12.8 Å². The van der Waals surface area contributed by atoms with E-state index < -0.39 is 0 Å². The quantitative estimate of drug-likeness (QED) is 0.352. The molecule has 0 radical (unpaired) electrons. The van der Waals surface area contributed by atoms with Crippen LogP contribution in [0.3, 0.4) is 0 Å². The van der Waals surface area contributed by atoms with Gasteiger partial charge in [0.25, 0.3) is 0 Å². The van der Waals surface area contributed by atoms with E-state index in [0.29, 0.717) is 13.0 Å². The van der Waals surface area contributed by atoms with Crippen LogP contribution >= 0.6 is 11.6 Å². The summed E-state index contributed by atoms with van der Waals surface area (Å²) in [6.45, 7) is 2.37. The highest BCUT2D eigenvalue weighted by molar-refractivity contribution is 6.17. The number of hydrogen-bond acceptors (Lipinski definition) is 2. The zero-order valence-electron chi connectivity index (χ0n) is 7.64. The predicted molar refractivity (Wildman–Crippen MR) is 50.4 cm³/mol. The first-order chi connectivity index (χ1) is 5.81. The van der Waals surface area contributed by atoms with E-state index in [2.05, 4.69) is 0 Å². The standard InChI is InChI=1S/C9H17ClO2/c1-2-9(11)12-8-6-4-3-5-7-10/h2-8H2,1H3. The van der Waals surface area contributed by atoms with Gasteiger partial charge in [0.05, 0.1) is 6.61 Å². The van der Waals surface area contributed by atoms with Crippen molar-refractivity contribution in [2.24, 2.45) is 0 Å². The molecular formula is C9H17ClO2. The first-order valence-corrected chi connectivity index (χ1v) is 5.06. The van der Waals surface area contributed by atoms with E-state index in [1.54, 1.807) is 6.92 Å². The first kappa shape index (κ1) is 11.8. The van der Waals surface area contributed by atoms with Gasteiger partial charge in [-0.15, -0.1) is 11.6 Å². The van der Waals surface area contributed by atoms with Gasteiger partial charge >= 0.3 is 5.97 Å². The van der Waals surface area contributed by atoms with Crippen molar-refractivity contribution in [3.05, 3.63) is 0 Å². The van der Waals surface area contributed by atoms with E-state index in [-0.39, 0.29) is 5.97 Å². The third-order valence-electron chi connectivity index (χ3n) is 1.58. The SMILES string of the molecule is CCC(=O)OCCCCCCCl. The van der Waals surface area contributed by atoms with Crippen LogP contribution in [-0.2, 0) is 9.53 Å². The largest absolute Gasteiger partial charge is 0.466 e. The molecule has 0 fully saturated rings. The average Bonchev–Trinajstić information content (AvgIpc) is 2.10. The van der Waals surface area contributed by atoms with Crippen molar-refractivity contribution in [2.45, 2.75) is 39.0 Å². The van der Waals surface area contributed by atoms with Crippen molar-refractivity contribution in [1.82, 2.24) is 0 Å². The summed E-state index contributed by atoms with van der Waals surface area (Å²) in [5.41, 5.74) is 0. The molecule has 0 rings (SSSR count). The Morgan fingerprint density at radius 2 is 1.92 bits per heavy atom. The van der Waals surface area contributed by atoms with Crippen LogP contribution in [0.25, 0.3) is 0 Å². The highest BCUT2D eigenvalue weighted by Gasteiger charge is 1.96. The lowest BCUT2D eigenvalue weighted by Crippen LogP contribution is -2.03. The Hall–Kier alpha value is -0.240. The summed E-state index contributed by atoms with van der Waals surface area (Å²) in [5.74, 6) is 0.627. The Morgan fingerprint density at radius 1 is 1.25 bits per heavy atom. The summed E-state index contributed by atoms with van der Waals surface area (Å²) in [5, 5.41) is 0. The maximum atomic E-state index is 10.7. The summed E-state index contributed by atoms with van der Waals surface area (Å²) in [7, 11) is 0. The van der Waals surface area contributed by atoms with Crippen molar-refractivity contribution >= 4 is 17.6 Å². The zero-order valence-corrected chi connectivity index (χ0v) is 8.40. The molecule has 0 aliphatic carbocycles. The molecule has 0 N–H and O–H groups in total. The average molecular weight is 193 g/mol. The second-order valence-corrected chi connectivity index (χ2v) is 3.06. The number of esters is 1. The first-order valence-electron chi connectivity index (χ1n) is 4.52. The van der Waals surface area contributed by atoms with Crippen LogP contribution in [0.5, 0.6) is 0 Å². The molecule has 0 aromatic rings. The Kier molecular flexibility index (Phi) is 8.68. The molecule has 0 unspecified atom stereocenters. The Balaban J connectivity index is 2.95. The highest BCUT2D eigenvalue weighted by Crippen LogP contribution is 2.01. The van der Waals surface area contributed by atoms with Crippen molar-refractivity contribution < 1.29 is 9.53 Å². The summed E-state index contributed by atoms with van der Waals surface area (Å²) in [6.07, 6.45) is 4.73. The van der Waals surface area contributed by atoms with Crippen molar-refractivity contribution in [3.63, 3.8) is 0 Å². The van der Waals surface area contributed by atoms with E-state index in [1.807, 2.05) is 0 Å². The van der Waals surface area contributed by atoms with Gasteiger partial charge in [0.2, 0.25) is 0 Å². The van der Waals surface area contributed by atoms with Gasteiger partial charge < -0.3 is 4.74 Å². The molecule has 0 atom stereocenters. The van der Waals surface area contributed by atoms with Gasteiger partial charge in [-0.25, -0.2) is 0 Å². The lowest BCUT2D eigenvalue weighted by Gasteiger charge is -2.01. The fourth-order valence-electron chi connectivity index (χ4n) is 0.838. The Morgan fingerprint density at radius 3 is 2.50 bits per heavy atom. The van der Waals surface area contributed by atoms with Crippen LogP contribution in [0.2, 0.25) is 0 Å². The van der Waals surface area contributed by atoms with Crippen molar-refractivity contribution in [1.29, 1.82) is 0 Å². The third kappa shape index (κ3) is 7.86. The zero-order chi connectivity index (χ0) is 9.23. The molecular weight excluding hydrogens is 176 g/mol. The van der Waals surface area contributed by atoms with Gasteiger partial charge in [-0.3, -0.25) is 4.79 Å². The second kappa shape index (κ2) is 8.85. The molecule has 2 nitrogen and oxygen atoms in total. The van der Waals surface area contributed by atoms with Gasteiger partial charge in [0.1, 0.15) is 0 Å². The van der Waals surface area contributed by atoms with Gasteiger partial charge in [0, 0.05) is 12.3 Å². The predicted octanol–water partition coefficient (Wildman–Crippen LogP) is 2.74. The molecule has 0 saturated carbocycles. The minimum Gasteiger partial charge on any atom is -0.466 e. The minimum atomic E-state index is -0.104. The molecule has 3 heteroatoms. The summed E-state index contributed by atoms with van der Waals surface area (Å²) >= 11 is 5.50. The molecule has 0 aliphatic heterocycles. The number of carbonyl (C=O) groups is 1. The molecule has 0 aliphatic rings. The second-order valence-electron chi connectivity index (χ2n) is 2.68. The van der Waals surface area contributed by atoms with E-state index in [9.17, 15) is 4.79 Å². The topological polar surface area (TPSA) is 26.3 Å². The lowest BCUT2D eigenvalue weighted by molar-refractivity contribution is -0.143. The fraction of sp³-hybridized carbons (Fsp3) is 0.889. The molecule has 0 spiro atoms. The molecule has 0 aromatic carbocycles. The molecule has 0 aromatic heterocycles. The van der Waals surface area contributed by atoms with E-state index in [0.717, 1.165) is 31.6 Å². The minimum absolute atomic E-state index is 0.104.